The van der Waals surface area contributed by atoms with Gasteiger partial charge in [0.1, 0.15) is 11.9 Å². The topological polar surface area (TPSA) is 38.1 Å². The number of nitrogens with zero attached hydrogens (tertiary/aromatic N) is 2. The molecule has 0 fully saturated rings. The summed E-state index contributed by atoms with van der Waals surface area (Å²) in [5.41, 5.74) is 2.06. The Balaban J connectivity index is 0. The predicted molar refractivity (Wildman–Crippen MR) is 70.1 cm³/mol. The molecule has 3 nitrogen and oxygen atoms in total. The van der Waals surface area contributed by atoms with Crippen LogP contribution in [0, 0.1) is 13.8 Å². The Morgan fingerprint density at radius 1 is 1.53 bits per heavy atom. The van der Waals surface area contributed by atoms with Crippen LogP contribution in [0.25, 0.3) is 0 Å². The molecule has 1 aromatic heterocycles. The van der Waals surface area contributed by atoms with Gasteiger partial charge in [0.25, 0.3) is 0 Å². The lowest BCUT2D eigenvalue weighted by Gasteiger charge is -2.07. The van der Waals surface area contributed by atoms with Crippen molar-refractivity contribution in [2.45, 2.75) is 54.5 Å². The van der Waals surface area contributed by atoms with Crippen LogP contribution in [0.4, 0.5) is 0 Å². The van der Waals surface area contributed by atoms with Crippen LogP contribution >= 0.6 is 9.39 Å². The van der Waals surface area contributed by atoms with E-state index in [-0.39, 0.29) is 0 Å². The molecule has 2 atom stereocenters. The second kappa shape index (κ2) is 7.84. The van der Waals surface area contributed by atoms with E-state index in [2.05, 4.69) is 14.4 Å². The van der Waals surface area contributed by atoms with Crippen molar-refractivity contribution in [2.24, 2.45) is 0 Å². The monoisotopic (exact) mass is 234 g/mol. The van der Waals surface area contributed by atoms with Crippen LogP contribution in [0.1, 0.15) is 59.3 Å². The first-order valence-corrected chi connectivity index (χ1v) is 5.58. The molecule has 1 aromatic rings. The predicted octanol–water partition coefficient (Wildman–Crippen LogP) is 3.24. The Bertz CT molecular complexity index is 290. The fourth-order valence-corrected chi connectivity index (χ4v) is 1.49. The normalized spacial score (nSPS) is 11.6. The molecular weight excluding hydrogens is 207 g/mol. The summed E-state index contributed by atoms with van der Waals surface area (Å²) in [4.78, 5) is 4.27. The number of aryl methyl sites for hydroxylation is 1. The van der Waals surface area contributed by atoms with E-state index in [0.717, 1.165) is 17.2 Å². The first-order valence-electron chi connectivity index (χ1n) is 6.06. The van der Waals surface area contributed by atoms with Crippen molar-refractivity contribution in [3.8, 4) is 0 Å². The van der Waals surface area contributed by atoms with Gasteiger partial charge in [0.05, 0.1) is 5.69 Å². The van der Waals surface area contributed by atoms with Gasteiger partial charge in [0.15, 0.2) is 0 Å². The zero-order chi connectivity index (χ0) is 13.3. The largest absolute Gasteiger partial charge is 0.385 e. The van der Waals surface area contributed by atoms with Gasteiger partial charge in [-0.3, -0.25) is 0 Å². The van der Waals surface area contributed by atoms with Gasteiger partial charge in [-0.25, -0.2) is 4.98 Å². The average molecular weight is 234 g/mol. The average Bonchev–Trinajstić information content (AvgIpc) is 2.61. The summed E-state index contributed by atoms with van der Waals surface area (Å²) in [7, 11) is 3.81. The zero-order valence-corrected chi connectivity index (χ0v) is 11.9. The Morgan fingerprint density at radius 2 is 2.00 bits per heavy atom. The highest BCUT2D eigenvalue weighted by Crippen LogP contribution is 2.21. The van der Waals surface area contributed by atoms with Gasteiger partial charge in [-0.15, -0.1) is 0 Å². The Morgan fingerprint density at radius 3 is 2.27 bits per heavy atom. The van der Waals surface area contributed by atoms with Crippen molar-refractivity contribution in [3.05, 3.63) is 17.2 Å². The Hall–Kier alpha value is -0.400. The molecule has 2 unspecified atom stereocenters. The molecule has 15 heavy (non-hydrogen) atoms. The zero-order valence-electron chi connectivity index (χ0n) is 11.7. The summed E-state index contributed by atoms with van der Waals surface area (Å²) < 4.78 is 7.61. The molecule has 0 spiro atoms. The lowest BCUT2D eigenvalue weighted by molar-refractivity contribution is 0.163. The van der Waals surface area contributed by atoms with Gasteiger partial charge in [-0.2, -0.15) is 0 Å². The molecule has 90 valence electrons. The third kappa shape index (κ3) is 3.92. The molecular formula is C11H25N2OP. The van der Waals surface area contributed by atoms with Crippen molar-refractivity contribution in [3.63, 3.8) is 0 Å². The lowest BCUT2D eigenvalue weighted by Crippen LogP contribution is -2.01. The molecule has 0 saturated heterocycles. The molecule has 1 rings (SSSR count). The fraction of sp³-hybridized carbons (Fsp3) is 0.727. The minimum Gasteiger partial charge on any atom is -0.385 e. The highest BCUT2D eigenvalue weighted by atomic mass is 31.0. The summed E-state index contributed by atoms with van der Waals surface area (Å²) in [5.74, 6) is 0.734. The van der Waals surface area contributed by atoms with E-state index in [9.17, 15) is 5.11 Å². The van der Waals surface area contributed by atoms with Crippen molar-refractivity contribution < 1.29 is 6.48 Å². The molecule has 1 heterocycles. The second-order valence-electron chi connectivity index (χ2n) is 2.93. The van der Waals surface area contributed by atoms with E-state index in [1.165, 1.54) is 7.40 Å². The second-order valence-corrected chi connectivity index (χ2v) is 3.45. The number of aromatic nitrogens is 2. The molecule has 0 amide bonds. The van der Waals surface area contributed by atoms with Crippen LogP contribution in [-0.4, -0.2) is 14.4 Å². The minimum atomic E-state index is -0.449. The smallest absolute Gasteiger partial charge is 0.141 e. The highest BCUT2D eigenvalue weighted by Gasteiger charge is 2.13. The van der Waals surface area contributed by atoms with Crippen LogP contribution in [0.2, 0.25) is 0 Å². The maximum Gasteiger partial charge on any atom is 0.141 e. The van der Waals surface area contributed by atoms with Crippen molar-refractivity contribution in [2.75, 3.05) is 0 Å². The van der Waals surface area contributed by atoms with Crippen LogP contribution in [0.15, 0.2) is 0 Å². The summed E-state index contributed by atoms with van der Waals surface area (Å²) in [6, 6.07) is 0. The molecule has 0 radical (unpaired) electrons. The summed E-state index contributed by atoms with van der Waals surface area (Å²) in [6.07, 6.45) is 0.250. The standard InChI is InChI=1S/C8H15N2OP.C2H6.CH4/c1-4-7(11)8-9-5(2)6(3)10(8)12;1-2;/h7,11H,4,12H2,1-3H3;1-2H3;1H4/i;;1T. The first-order chi connectivity index (χ1) is 7.57. The molecule has 0 aromatic carbocycles. The number of aliphatic hydroxyl groups excluding tert-OH is 1. The molecule has 0 aliphatic carbocycles. The van der Waals surface area contributed by atoms with Gasteiger partial charge in [-0.05, 0) is 29.7 Å². The number of aliphatic hydroxyl groups is 1. The quantitative estimate of drug-likeness (QED) is 0.798. The fourth-order valence-electron chi connectivity index (χ4n) is 1.07. The van der Waals surface area contributed by atoms with Crippen LogP contribution in [-0.2, 0) is 0 Å². The van der Waals surface area contributed by atoms with E-state index < -0.39 is 6.10 Å². The SMILES string of the molecule is CC.CCC(O)c1nc(C)c(C)n1P.[3H]C. The summed E-state index contributed by atoms with van der Waals surface area (Å²) in [6.45, 7) is 9.87. The van der Waals surface area contributed by atoms with Gasteiger partial charge in [0.2, 0.25) is 0 Å². The van der Waals surface area contributed by atoms with E-state index in [0.29, 0.717) is 6.42 Å². The van der Waals surface area contributed by atoms with Crippen molar-refractivity contribution >= 4 is 9.39 Å². The third-order valence-corrected chi connectivity index (χ3v) is 2.75. The number of imidazole rings is 1. The van der Waals surface area contributed by atoms with Crippen molar-refractivity contribution in [1.82, 2.24) is 9.32 Å². The molecule has 0 saturated carbocycles. The van der Waals surface area contributed by atoms with E-state index in [4.69, 9.17) is 1.37 Å². The maximum absolute atomic E-state index is 9.55. The summed E-state index contributed by atoms with van der Waals surface area (Å²) in [5, 5.41) is 9.55. The summed E-state index contributed by atoms with van der Waals surface area (Å²) >= 11 is 0. The Labute approximate surface area is 97.6 Å². The number of hydrogen-bond acceptors (Lipinski definition) is 2. The van der Waals surface area contributed by atoms with E-state index >= 15 is 0 Å². The minimum absolute atomic E-state index is 0.449. The van der Waals surface area contributed by atoms with Crippen molar-refractivity contribution in [1.29, 1.82) is 0 Å². The van der Waals surface area contributed by atoms with Gasteiger partial charge < -0.3 is 9.44 Å². The Kier molecular flexibility index (Phi) is 7.63. The number of hydrogen-bond donors (Lipinski definition) is 1. The van der Waals surface area contributed by atoms with Crippen LogP contribution in [0.5, 0.6) is 0 Å². The van der Waals surface area contributed by atoms with Crippen LogP contribution < -0.4 is 0 Å². The number of rotatable bonds is 2. The highest BCUT2D eigenvalue weighted by molar-refractivity contribution is 7.14. The molecule has 1 N–H and O–H groups in total. The van der Waals surface area contributed by atoms with Gasteiger partial charge >= 0.3 is 0 Å². The van der Waals surface area contributed by atoms with Gasteiger partial charge in [-0.1, -0.05) is 28.2 Å². The van der Waals surface area contributed by atoms with Gasteiger partial charge in [0, 0.05) is 7.06 Å². The first kappa shape index (κ1) is 14.6. The molecule has 0 bridgehead atoms. The van der Waals surface area contributed by atoms with E-state index in [1.807, 2.05) is 39.0 Å². The molecule has 0 aliphatic heterocycles. The maximum atomic E-state index is 9.55. The van der Waals surface area contributed by atoms with Crippen LogP contribution in [0.3, 0.4) is 0 Å². The van der Waals surface area contributed by atoms with E-state index in [1.54, 1.807) is 0 Å². The lowest BCUT2D eigenvalue weighted by atomic mass is 10.3. The third-order valence-electron chi connectivity index (χ3n) is 2.10. The molecule has 4 heteroatoms. The molecule has 0 aliphatic rings.